The van der Waals surface area contributed by atoms with Gasteiger partial charge in [0.1, 0.15) is 22.5 Å². The minimum Gasteiger partial charge on any atom is -0.491 e. The van der Waals surface area contributed by atoms with Crippen molar-refractivity contribution in [3.05, 3.63) is 59.9 Å². The quantitative estimate of drug-likeness (QED) is 0.0914. The van der Waals surface area contributed by atoms with E-state index in [4.69, 9.17) is 18.3 Å². The van der Waals surface area contributed by atoms with Gasteiger partial charge in [0.2, 0.25) is 5.82 Å². The van der Waals surface area contributed by atoms with Gasteiger partial charge in [0.05, 0.1) is 25.3 Å². The minimum atomic E-state index is -4.92. The van der Waals surface area contributed by atoms with Crippen molar-refractivity contribution in [2.24, 2.45) is 0 Å². The molecule has 56 heavy (non-hydrogen) atoms. The van der Waals surface area contributed by atoms with E-state index in [-0.39, 0.29) is 71.0 Å². The Morgan fingerprint density at radius 2 is 1.18 bits per heavy atom. The van der Waals surface area contributed by atoms with Crippen molar-refractivity contribution in [2.75, 3.05) is 49.4 Å². The highest BCUT2D eigenvalue weighted by molar-refractivity contribution is 5.78. The van der Waals surface area contributed by atoms with Gasteiger partial charge in [0.25, 0.3) is 0 Å². The first-order valence-corrected chi connectivity index (χ1v) is 18.2. The highest BCUT2D eigenvalue weighted by Crippen LogP contribution is 2.38. The number of nitrogens with zero attached hydrogens (tertiary/aromatic N) is 5. The number of rotatable bonds is 13. The summed E-state index contributed by atoms with van der Waals surface area (Å²) in [7, 11) is 0. The van der Waals surface area contributed by atoms with E-state index in [2.05, 4.69) is 29.7 Å². The summed E-state index contributed by atoms with van der Waals surface area (Å²) in [6, 6.07) is 10.0. The molecule has 2 aromatic heterocycles. The van der Waals surface area contributed by atoms with Crippen molar-refractivity contribution in [3.8, 4) is 23.0 Å². The molecule has 2 fully saturated rings. The number of ether oxygens (including phenoxy) is 4. The summed E-state index contributed by atoms with van der Waals surface area (Å²) in [6.07, 6.45) is -7.56. The third-order valence-electron chi connectivity index (χ3n) is 9.42. The molecule has 0 radical (unpaired) electrons. The molecule has 2 aliphatic heterocycles. The van der Waals surface area contributed by atoms with E-state index in [0.717, 1.165) is 29.8 Å². The van der Waals surface area contributed by atoms with Gasteiger partial charge in [-0.1, -0.05) is 0 Å². The van der Waals surface area contributed by atoms with Crippen molar-refractivity contribution in [3.63, 3.8) is 0 Å². The van der Waals surface area contributed by atoms with E-state index in [1.807, 2.05) is 0 Å². The Morgan fingerprint density at radius 1 is 0.714 bits per heavy atom. The molecular weight excluding hydrogens is 757 g/mol. The number of oxazole rings is 2. The van der Waals surface area contributed by atoms with Gasteiger partial charge < -0.3 is 33.1 Å². The Morgan fingerprint density at radius 3 is 1.62 bits per heavy atom. The number of benzene rings is 3. The average Bonchev–Trinajstić information content (AvgIpc) is 3.75. The first kappa shape index (κ1) is 39.1. The third kappa shape index (κ3) is 9.09. The van der Waals surface area contributed by atoms with Crippen molar-refractivity contribution in [1.29, 1.82) is 0 Å². The highest BCUT2D eigenvalue weighted by atomic mass is 19.4. The molecule has 12 nitrogen and oxygen atoms in total. The number of hydrazine groups is 1. The fourth-order valence-electron chi connectivity index (χ4n) is 7.10. The normalized spacial score (nSPS) is 16.4. The second-order valence-corrected chi connectivity index (χ2v) is 13.3. The van der Waals surface area contributed by atoms with Gasteiger partial charge in [-0.05, 0) is 94.6 Å². The molecule has 7 rings (SSSR count). The van der Waals surface area contributed by atoms with Crippen molar-refractivity contribution < 1.29 is 58.5 Å². The number of halogens is 7. The molecule has 2 aliphatic rings. The molecule has 19 heteroatoms. The van der Waals surface area contributed by atoms with Crippen LogP contribution in [-0.2, 0) is 6.54 Å². The van der Waals surface area contributed by atoms with Crippen LogP contribution in [-0.4, -0.2) is 79.1 Å². The fraction of sp³-hybridized carbons (Fsp3) is 0.459. The zero-order valence-electron chi connectivity index (χ0n) is 30.4. The van der Waals surface area contributed by atoms with Crippen molar-refractivity contribution >= 4 is 34.2 Å². The van der Waals surface area contributed by atoms with E-state index in [1.165, 1.54) is 12.1 Å². The Hall–Kier alpha value is -5.17. The SMILES string of the molecule is CCOc1cc(CN2CCC(N(c3nc4cc(OC(F)(F)F)ccc4o3)N(c3nc4cc(OC(F)(F)F)ccc4o3)C3CCNCC3)CC2)cc(OCC)c1F. The van der Waals surface area contributed by atoms with E-state index < -0.39 is 30.0 Å². The van der Waals surface area contributed by atoms with Crippen LogP contribution in [0.15, 0.2) is 57.4 Å². The van der Waals surface area contributed by atoms with Gasteiger partial charge in [-0.25, -0.2) is 10.0 Å². The van der Waals surface area contributed by atoms with Crippen LogP contribution in [0.1, 0.15) is 45.1 Å². The number of piperidine rings is 2. The molecule has 0 amide bonds. The molecular formula is C37H39F7N6O6. The van der Waals surface area contributed by atoms with E-state index >= 15 is 0 Å². The van der Waals surface area contributed by atoms with Gasteiger partial charge in [-0.3, -0.25) is 4.90 Å². The average molecular weight is 797 g/mol. The summed E-state index contributed by atoms with van der Waals surface area (Å²) >= 11 is 0. The molecule has 2 saturated heterocycles. The molecule has 0 saturated carbocycles. The summed E-state index contributed by atoms with van der Waals surface area (Å²) in [6.45, 7) is 6.92. The van der Waals surface area contributed by atoms with Gasteiger partial charge in [-0.15, -0.1) is 26.3 Å². The standard InChI is InChI=1S/C37H39F7N6O6/c1-3-51-31-17-22(18-32(33(31)38)52-4-2)21-48-15-11-24(12-16-48)50(35-47-28-20-26(56-37(42,43)44)6-8-30(28)54-35)49(23-9-13-45-14-10-23)34-46-27-19-25(55-36(39,40)41)5-7-29(27)53-34/h5-8,17-20,23-24,45H,3-4,9-16,21H2,1-2H3. The maximum absolute atomic E-state index is 15.0. The maximum atomic E-state index is 15.0. The molecule has 0 aliphatic carbocycles. The predicted molar refractivity (Wildman–Crippen MR) is 189 cm³/mol. The lowest BCUT2D eigenvalue weighted by atomic mass is 10.0. The summed E-state index contributed by atoms with van der Waals surface area (Å²) < 4.78 is 125. The number of fused-ring (bicyclic) bond motifs is 2. The monoisotopic (exact) mass is 796 g/mol. The molecule has 4 heterocycles. The summed E-state index contributed by atoms with van der Waals surface area (Å²) in [5, 5.41) is 6.92. The predicted octanol–water partition coefficient (Wildman–Crippen LogP) is 8.35. The molecule has 0 unspecified atom stereocenters. The first-order valence-electron chi connectivity index (χ1n) is 18.2. The summed E-state index contributed by atoms with van der Waals surface area (Å²) in [5.74, 6) is -1.31. The Kier molecular flexibility index (Phi) is 11.3. The Labute approximate surface area is 316 Å². The number of alkyl halides is 6. The number of nitrogens with one attached hydrogen (secondary N) is 1. The van der Waals surface area contributed by atoms with Gasteiger partial charge in [0.15, 0.2) is 22.7 Å². The van der Waals surface area contributed by atoms with E-state index in [0.29, 0.717) is 58.4 Å². The first-order chi connectivity index (χ1) is 26.8. The molecule has 5 aromatic rings. The number of likely N-dealkylation sites (tertiary alicyclic amines) is 1. The Bertz CT molecular complexity index is 2080. The lowest BCUT2D eigenvalue weighted by molar-refractivity contribution is -0.275. The van der Waals surface area contributed by atoms with Crippen LogP contribution >= 0.6 is 0 Å². The minimum absolute atomic E-state index is 0.0470. The van der Waals surface area contributed by atoms with Gasteiger partial charge in [0, 0.05) is 31.8 Å². The van der Waals surface area contributed by atoms with Crippen LogP contribution in [0.4, 0.5) is 42.8 Å². The molecule has 0 atom stereocenters. The highest BCUT2D eigenvalue weighted by Gasteiger charge is 2.39. The Balaban J connectivity index is 1.24. The number of aromatic nitrogens is 2. The summed E-state index contributed by atoms with van der Waals surface area (Å²) in [4.78, 5) is 11.5. The summed E-state index contributed by atoms with van der Waals surface area (Å²) in [5.41, 5.74) is 1.40. The topological polar surface area (TPSA) is 111 Å². The lowest BCUT2D eigenvalue weighted by Crippen LogP contribution is -2.59. The zero-order valence-corrected chi connectivity index (χ0v) is 30.4. The largest absolute Gasteiger partial charge is 0.573 e. The molecule has 0 bridgehead atoms. The fourth-order valence-corrected chi connectivity index (χ4v) is 7.10. The van der Waals surface area contributed by atoms with Gasteiger partial charge >= 0.3 is 24.8 Å². The van der Waals surface area contributed by atoms with Crippen LogP contribution in [0.5, 0.6) is 23.0 Å². The van der Waals surface area contributed by atoms with Crippen LogP contribution in [0.25, 0.3) is 22.2 Å². The van der Waals surface area contributed by atoms with Crippen LogP contribution in [0, 0.1) is 5.82 Å². The van der Waals surface area contributed by atoms with Crippen molar-refractivity contribution in [1.82, 2.24) is 20.2 Å². The molecule has 0 spiro atoms. The number of anilines is 2. The second-order valence-electron chi connectivity index (χ2n) is 13.3. The van der Waals surface area contributed by atoms with E-state index in [1.54, 1.807) is 36.0 Å². The van der Waals surface area contributed by atoms with Crippen LogP contribution < -0.4 is 34.3 Å². The third-order valence-corrected chi connectivity index (χ3v) is 9.42. The van der Waals surface area contributed by atoms with Crippen LogP contribution in [0.3, 0.4) is 0 Å². The number of hydrogen-bond donors (Lipinski definition) is 1. The molecule has 3 aromatic carbocycles. The molecule has 1 N–H and O–H groups in total. The van der Waals surface area contributed by atoms with Crippen LogP contribution in [0.2, 0.25) is 0 Å². The molecule has 302 valence electrons. The van der Waals surface area contributed by atoms with E-state index in [9.17, 15) is 30.7 Å². The second kappa shape index (κ2) is 16.1. The van der Waals surface area contributed by atoms with Crippen molar-refractivity contribution in [2.45, 2.75) is 70.9 Å². The lowest BCUT2D eigenvalue weighted by Gasteiger charge is -2.46. The smallest absolute Gasteiger partial charge is 0.491 e. The number of hydrogen-bond acceptors (Lipinski definition) is 12. The maximum Gasteiger partial charge on any atom is 0.573 e. The zero-order chi connectivity index (χ0) is 39.6. The van der Waals surface area contributed by atoms with Gasteiger partial charge in [-0.2, -0.15) is 14.4 Å².